The molecule has 0 saturated carbocycles. The molecule has 0 aliphatic heterocycles. The molecule has 0 N–H and O–H groups in total. The van der Waals surface area contributed by atoms with Gasteiger partial charge in [-0.05, 0) is 19.7 Å². The normalized spacial score (nSPS) is 9.18. The summed E-state index contributed by atoms with van der Waals surface area (Å²) in [5.41, 5.74) is 2.73. The van der Waals surface area contributed by atoms with Crippen molar-refractivity contribution in [1.82, 2.24) is 4.98 Å². The molecule has 1 aromatic heterocycles. The molecule has 0 fully saturated rings. The largest absolute Gasteiger partial charge is 0.262 e. The first kappa shape index (κ1) is 7.66. The average Bonchev–Trinajstić information content (AvgIpc) is 2.04. The topological polar surface area (TPSA) is 25.2 Å². The van der Waals surface area contributed by atoms with Crippen LogP contribution in [-0.4, -0.2) is 11.7 Å². The van der Waals surface area contributed by atoms with Crippen molar-refractivity contribution in [3.8, 4) is 0 Å². The summed E-state index contributed by atoms with van der Waals surface area (Å²) < 4.78 is 0. The summed E-state index contributed by atoms with van der Waals surface area (Å²) in [4.78, 5) is 7.88. The van der Waals surface area contributed by atoms with E-state index in [4.69, 9.17) is 0 Å². The Hall–Kier alpha value is -1.44. The van der Waals surface area contributed by atoms with Crippen LogP contribution in [0.15, 0.2) is 23.8 Å². The maximum atomic E-state index is 4.08. The Morgan fingerprint density at radius 2 is 2.36 bits per heavy atom. The van der Waals surface area contributed by atoms with Crippen molar-refractivity contribution in [3.63, 3.8) is 0 Å². The highest BCUT2D eigenvalue weighted by Crippen LogP contribution is 2.18. The van der Waals surface area contributed by atoms with Gasteiger partial charge in [0.1, 0.15) is 0 Å². The highest BCUT2D eigenvalue weighted by Gasteiger charge is 1.95. The van der Waals surface area contributed by atoms with Crippen molar-refractivity contribution in [2.75, 3.05) is 0 Å². The van der Waals surface area contributed by atoms with Gasteiger partial charge in [0.05, 0.1) is 11.9 Å². The van der Waals surface area contributed by atoms with Gasteiger partial charge in [0.15, 0.2) is 0 Å². The molecule has 0 aliphatic carbocycles. The molecule has 0 spiro atoms. The Bertz CT molecular complexity index is 290. The Kier molecular flexibility index (Phi) is 2.16. The molecule has 0 radical (unpaired) electrons. The summed E-state index contributed by atoms with van der Waals surface area (Å²) in [5.74, 6) is 0. The predicted molar refractivity (Wildman–Crippen MR) is 48.3 cm³/mol. The van der Waals surface area contributed by atoms with Gasteiger partial charge in [-0.25, -0.2) is 0 Å². The molecular weight excluding hydrogens is 136 g/mol. The molecule has 0 aromatic carbocycles. The van der Waals surface area contributed by atoms with Crippen molar-refractivity contribution in [2.24, 2.45) is 4.99 Å². The second-order valence-electron chi connectivity index (χ2n) is 2.25. The molecule has 56 valence electrons. The van der Waals surface area contributed by atoms with Gasteiger partial charge in [-0.1, -0.05) is 12.7 Å². The van der Waals surface area contributed by atoms with E-state index in [0.29, 0.717) is 0 Å². The smallest absolute Gasteiger partial charge is 0.0877 e. The quantitative estimate of drug-likeness (QED) is 0.588. The zero-order chi connectivity index (χ0) is 8.27. The SMILES string of the molecule is C=Cc1cc(C)ncc1N=C. The molecule has 0 aliphatic rings. The molecule has 11 heavy (non-hydrogen) atoms. The molecule has 1 aromatic rings. The molecule has 0 amide bonds. The minimum Gasteiger partial charge on any atom is -0.262 e. The van der Waals surface area contributed by atoms with E-state index in [2.05, 4.69) is 23.3 Å². The first-order valence-electron chi connectivity index (χ1n) is 3.33. The lowest BCUT2D eigenvalue weighted by Gasteiger charge is -1.99. The van der Waals surface area contributed by atoms with Gasteiger partial charge in [0.25, 0.3) is 0 Å². The minimum atomic E-state index is 0.783. The summed E-state index contributed by atoms with van der Waals surface area (Å²) in [7, 11) is 0. The van der Waals surface area contributed by atoms with Gasteiger partial charge in [-0.3, -0.25) is 9.98 Å². The Labute approximate surface area is 66.3 Å². The highest BCUT2D eigenvalue weighted by atomic mass is 14.8. The van der Waals surface area contributed by atoms with E-state index < -0.39 is 0 Å². The second kappa shape index (κ2) is 3.10. The van der Waals surface area contributed by atoms with Gasteiger partial charge < -0.3 is 0 Å². The lowest BCUT2D eigenvalue weighted by molar-refractivity contribution is 1.19. The first-order valence-corrected chi connectivity index (χ1v) is 3.33. The standard InChI is InChI=1S/C9H10N2/c1-4-8-5-7(2)11-6-9(8)10-3/h4-6H,1,3H2,2H3. The maximum Gasteiger partial charge on any atom is 0.0877 e. The van der Waals surface area contributed by atoms with Crippen LogP contribution in [0.4, 0.5) is 5.69 Å². The molecule has 1 rings (SSSR count). The molecule has 1 heterocycles. The molecule has 0 bridgehead atoms. The third kappa shape index (κ3) is 1.52. The van der Waals surface area contributed by atoms with Crippen LogP contribution in [0.25, 0.3) is 6.08 Å². The van der Waals surface area contributed by atoms with Crippen LogP contribution in [0.3, 0.4) is 0 Å². The van der Waals surface area contributed by atoms with E-state index >= 15 is 0 Å². The van der Waals surface area contributed by atoms with Crippen molar-refractivity contribution in [1.29, 1.82) is 0 Å². The van der Waals surface area contributed by atoms with Gasteiger partial charge in [0.2, 0.25) is 0 Å². The number of nitrogens with zero attached hydrogens (tertiary/aromatic N) is 2. The monoisotopic (exact) mass is 146 g/mol. The van der Waals surface area contributed by atoms with E-state index in [1.165, 1.54) is 0 Å². The fourth-order valence-corrected chi connectivity index (χ4v) is 0.869. The molecular formula is C9H10N2. The van der Waals surface area contributed by atoms with E-state index in [1.807, 2.05) is 13.0 Å². The van der Waals surface area contributed by atoms with Crippen LogP contribution in [0.5, 0.6) is 0 Å². The van der Waals surface area contributed by atoms with E-state index in [0.717, 1.165) is 16.9 Å². The number of aryl methyl sites for hydroxylation is 1. The van der Waals surface area contributed by atoms with Crippen LogP contribution in [0, 0.1) is 6.92 Å². The number of aromatic nitrogens is 1. The Morgan fingerprint density at radius 3 is 2.91 bits per heavy atom. The number of hydrogen-bond acceptors (Lipinski definition) is 2. The zero-order valence-corrected chi connectivity index (χ0v) is 6.54. The van der Waals surface area contributed by atoms with Gasteiger partial charge >= 0.3 is 0 Å². The average molecular weight is 146 g/mol. The first-order chi connectivity index (χ1) is 5.27. The molecule has 0 atom stereocenters. The highest BCUT2D eigenvalue weighted by molar-refractivity contribution is 5.64. The second-order valence-corrected chi connectivity index (χ2v) is 2.25. The molecule has 0 saturated heterocycles. The van der Waals surface area contributed by atoms with E-state index in [1.54, 1.807) is 12.3 Å². The van der Waals surface area contributed by atoms with Gasteiger partial charge in [0, 0.05) is 11.3 Å². The molecule has 2 heteroatoms. The van der Waals surface area contributed by atoms with Crippen LogP contribution in [0.2, 0.25) is 0 Å². The fraction of sp³-hybridized carbons (Fsp3) is 0.111. The minimum absolute atomic E-state index is 0.783. The number of rotatable bonds is 2. The Morgan fingerprint density at radius 1 is 1.64 bits per heavy atom. The summed E-state index contributed by atoms with van der Waals surface area (Å²) >= 11 is 0. The summed E-state index contributed by atoms with van der Waals surface area (Å²) in [6.07, 6.45) is 3.44. The fourth-order valence-electron chi connectivity index (χ4n) is 0.869. The van der Waals surface area contributed by atoms with Crippen molar-refractivity contribution in [2.45, 2.75) is 6.92 Å². The van der Waals surface area contributed by atoms with Crippen LogP contribution >= 0.6 is 0 Å². The summed E-state index contributed by atoms with van der Waals surface area (Å²) in [6, 6.07) is 1.93. The van der Waals surface area contributed by atoms with Crippen LogP contribution in [0.1, 0.15) is 11.3 Å². The van der Waals surface area contributed by atoms with Crippen LogP contribution in [-0.2, 0) is 0 Å². The molecule has 2 nitrogen and oxygen atoms in total. The van der Waals surface area contributed by atoms with E-state index in [9.17, 15) is 0 Å². The molecule has 0 unspecified atom stereocenters. The zero-order valence-electron chi connectivity index (χ0n) is 6.54. The summed E-state index contributed by atoms with van der Waals surface area (Å²) in [6.45, 7) is 9.03. The predicted octanol–water partition coefficient (Wildman–Crippen LogP) is 2.37. The third-order valence-electron chi connectivity index (χ3n) is 1.44. The Balaban J connectivity index is 3.26. The number of hydrogen-bond donors (Lipinski definition) is 0. The van der Waals surface area contributed by atoms with Crippen molar-refractivity contribution < 1.29 is 0 Å². The van der Waals surface area contributed by atoms with Crippen molar-refractivity contribution in [3.05, 3.63) is 30.1 Å². The van der Waals surface area contributed by atoms with Crippen LogP contribution < -0.4 is 0 Å². The van der Waals surface area contributed by atoms with Gasteiger partial charge in [-0.2, -0.15) is 0 Å². The summed E-state index contributed by atoms with van der Waals surface area (Å²) in [5, 5.41) is 0. The number of aliphatic imine (C=N–C) groups is 1. The maximum absolute atomic E-state index is 4.08. The lowest BCUT2D eigenvalue weighted by atomic mass is 10.2. The van der Waals surface area contributed by atoms with Gasteiger partial charge in [-0.15, -0.1) is 0 Å². The lowest BCUT2D eigenvalue weighted by Crippen LogP contribution is -1.81. The number of pyridine rings is 1. The van der Waals surface area contributed by atoms with E-state index in [-0.39, 0.29) is 0 Å². The van der Waals surface area contributed by atoms with Crippen molar-refractivity contribution >= 4 is 18.5 Å². The third-order valence-corrected chi connectivity index (χ3v) is 1.44.